The van der Waals surface area contributed by atoms with Crippen LogP contribution in [0.15, 0.2) is 11.6 Å². The van der Waals surface area contributed by atoms with E-state index in [-0.39, 0.29) is 16.8 Å². The Morgan fingerprint density at radius 1 is 1.31 bits per heavy atom. The van der Waals surface area contributed by atoms with Crippen molar-refractivity contribution in [3.8, 4) is 0 Å². The number of hydrogen-bond donors (Lipinski definition) is 0. The van der Waals surface area contributed by atoms with Crippen LogP contribution in [0.1, 0.15) is 47.5 Å². The number of hydrogen-bond acceptors (Lipinski definition) is 2. The topological polar surface area (TPSA) is 29.6 Å². The third-order valence-corrected chi connectivity index (χ3v) is 4.27. The molecule has 3 atom stereocenters. The zero-order valence-electron chi connectivity index (χ0n) is 11.0. The standard InChI is InChI=1S/C14H22O2/c1-9(8-10(2)15)12-13(3,4)7-6-11-14(12,5)16-11/h8,11-12H,6-7H2,1-5H3/b9-8+/t11-,12-,14-/m1/s1. The molecule has 16 heavy (non-hydrogen) atoms. The zero-order valence-corrected chi connectivity index (χ0v) is 11.0. The van der Waals surface area contributed by atoms with E-state index in [1.165, 1.54) is 12.0 Å². The summed E-state index contributed by atoms with van der Waals surface area (Å²) in [6.45, 7) is 10.5. The van der Waals surface area contributed by atoms with Crippen LogP contribution in [0.3, 0.4) is 0 Å². The van der Waals surface area contributed by atoms with Gasteiger partial charge in [-0.05, 0) is 45.1 Å². The summed E-state index contributed by atoms with van der Waals surface area (Å²) in [5.74, 6) is 0.516. The molecule has 1 aliphatic heterocycles. The van der Waals surface area contributed by atoms with Gasteiger partial charge in [-0.3, -0.25) is 4.79 Å². The van der Waals surface area contributed by atoms with Crippen LogP contribution >= 0.6 is 0 Å². The second-order valence-electron chi connectivity index (χ2n) is 6.25. The molecule has 0 bridgehead atoms. The molecule has 1 saturated carbocycles. The Morgan fingerprint density at radius 2 is 1.94 bits per heavy atom. The van der Waals surface area contributed by atoms with Gasteiger partial charge in [-0.2, -0.15) is 0 Å². The van der Waals surface area contributed by atoms with E-state index in [1.54, 1.807) is 13.0 Å². The Labute approximate surface area is 98.1 Å². The van der Waals surface area contributed by atoms with Crippen molar-refractivity contribution in [2.75, 3.05) is 0 Å². The van der Waals surface area contributed by atoms with E-state index in [9.17, 15) is 4.79 Å². The average Bonchev–Trinajstić information content (AvgIpc) is 2.72. The molecular weight excluding hydrogens is 200 g/mol. The Morgan fingerprint density at radius 3 is 2.50 bits per heavy atom. The lowest BCUT2D eigenvalue weighted by molar-refractivity contribution is -0.112. The van der Waals surface area contributed by atoms with Crippen LogP contribution in [-0.2, 0) is 9.53 Å². The summed E-state index contributed by atoms with van der Waals surface area (Å²) >= 11 is 0. The summed E-state index contributed by atoms with van der Waals surface area (Å²) in [4.78, 5) is 11.2. The van der Waals surface area contributed by atoms with Crippen molar-refractivity contribution >= 4 is 5.78 Å². The Balaban J connectivity index is 2.32. The SMILES string of the molecule is CC(=O)/C=C(\C)[C@@H]1C(C)(C)CC[C@H]2O[C@@]12C. The monoisotopic (exact) mass is 222 g/mol. The number of fused-ring (bicyclic) bond motifs is 1. The van der Waals surface area contributed by atoms with Crippen molar-refractivity contribution < 1.29 is 9.53 Å². The zero-order chi connectivity index (χ0) is 12.1. The number of ether oxygens (including phenoxy) is 1. The van der Waals surface area contributed by atoms with Crippen molar-refractivity contribution in [2.45, 2.75) is 59.2 Å². The third-order valence-electron chi connectivity index (χ3n) is 4.27. The summed E-state index contributed by atoms with van der Waals surface area (Å²) in [5, 5.41) is 0. The van der Waals surface area contributed by atoms with E-state index in [1.807, 2.05) is 0 Å². The summed E-state index contributed by atoms with van der Waals surface area (Å²) in [6.07, 6.45) is 4.54. The summed E-state index contributed by atoms with van der Waals surface area (Å²) in [6, 6.07) is 0. The summed E-state index contributed by atoms with van der Waals surface area (Å²) in [7, 11) is 0. The molecule has 0 radical (unpaired) electrons. The van der Waals surface area contributed by atoms with Gasteiger partial charge in [0.05, 0.1) is 11.7 Å². The predicted molar refractivity (Wildman–Crippen MR) is 64.2 cm³/mol. The quantitative estimate of drug-likeness (QED) is 0.530. The molecule has 0 aromatic rings. The highest BCUT2D eigenvalue weighted by atomic mass is 16.6. The minimum atomic E-state index is -0.0161. The number of ketones is 1. The van der Waals surface area contributed by atoms with Gasteiger partial charge in [0.25, 0.3) is 0 Å². The largest absolute Gasteiger partial charge is 0.366 e. The minimum absolute atomic E-state index is 0.0161. The average molecular weight is 222 g/mol. The Kier molecular flexibility index (Phi) is 2.54. The normalized spacial score (nSPS) is 41.4. The van der Waals surface area contributed by atoms with E-state index >= 15 is 0 Å². The van der Waals surface area contributed by atoms with Crippen LogP contribution < -0.4 is 0 Å². The summed E-state index contributed by atoms with van der Waals surface area (Å²) < 4.78 is 5.86. The number of rotatable bonds is 2. The number of carbonyl (C=O) groups is 1. The highest BCUT2D eigenvalue weighted by molar-refractivity contribution is 5.88. The van der Waals surface area contributed by atoms with E-state index in [2.05, 4.69) is 27.7 Å². The lowest BCUT2D eigenvalue weighted by atomic mass is 9.61. The van der Waals surface area contributed by atoms with Gasteiger partial charge < -0.3 is 4.74 Å². The van der Waals surface area contributed by atoms with Crippen molar-refractivity contribution in [1.29, 1.82) is 0 Å². The van der Waals surface area contributed by atoms with E-state index < -0.39 is 0 Å². The highest BCUT2D eigenvalue weighted by Gasteiger charge is 2.64. The molecule has 2 fully saturated rings. The third kappa shape index (κ3) is 1.73. The first-order chi connectivity index (χ1) is 7.27. The first-order valence-electron chi connectivity index (χ1n) is 6.14. The maximum absolute atomic E-state index is 11.2. The molecule has 0 amide bonds. The number of allylic oxidation sites excluding steroid dienone is 1. The van der Waals surface area contributed by atoms with Crippen molar-refractivity contribution in [1.82, 2.24) is 0 Å². The molecule has 0 aromatic carbocycles. The van der Waals surface area contributed by atoms with Gasteiger partial charge >= 0.3 is 0 Å². The van der Waals surface area contributed by atoms with Crippen molar-refractivity contribution in [2.24, 2.45) is 11.3 Å². The molecule has 90 valence electrons. The molecule has 1 aliphatic carbocycles. The van der Waals surface area contributed by atoms with Gasteiger partial charge in [0, 0.05) is 5.92 Å². The molecule has 0 unspecified atom stereocenters. The van der Waals surface area contributed by atoms with E-state index in [0.717, 1.165) is 6.42 Å². The van der Waals surface area contributed by atoms with Gasteiger partial charge in [0.2, 0.25) is 0 Å². The maximum atomic E-state index is 11.2. The van der Waals surface area contributed by atoms with Gasteiger partial charge in [0.1, 0.15) is 0 Å². The van der Waals surface area contributed by atoms with Gasteiger partial charge in [-0.25, -0.2) is 0 Å². The van der Waals surface area contributed by atoms with Crippen LogP contribution in [0.4, 0.5) is 0 Å². The molecule has 1 heterocycles. The van der Waals surface area contributed by atoms with Gasteiger partial charge in [-0.1, -0.05) is 19.4 Å². The molecule has 0 aromatic heterocycles. The fraction of sp³-hybridized carbons (Fsp3) is 0.786. The molecule has 1 saturated heterocycles. The van der Waals surface area contributed by atoms with Gasteiger partial charge in [0.15, 0.2) is 5.78 Å². The van der Waals surface area contributed by atoms with Crippen molar-refractivity contribution in [3.63, 3.8) is 0 Å². The lowest BCUT2D eigenvalue weighted by Crippen LogP contribution is -2.41. The summed E-state index contributed by atoms with van der Waals surface area (Å²) in [5.41, 5.74) is 1.40. The molecule has 2 heteroatoms. The molecule has 2 rings (SSSR count). The van der Waals surface area contributed by atoms with Gasteiger partial charge in [-0.15, -0.1) is 0 Å². The number of epoxide rings is 1. The van der Waals surface area contributed by atoms with E-state index in [4.69, 9.17) is 4.74 Å². The molecule has 0 spiro atoms. The first-order valence-corrected chi connectivity index (χ1v) is 6.14. The van der Waals surface area contributed by atoms with Crippen LogP contribution in [0, 0.1) is 11.3 Å². The first kappa shape index (κ1) is 11.8. The van der Waals surface area contributed by atoms with Crippen LogP contribution in [0.5, 0.6) is 0 Å². The van der Waals surface area contributed by atoms with Crippen LogP contribution in [0.2, 0.25) is 0 Å². The highest BCUT2D eigenvalue weighted by Crippen LogP contribution is 2.60. The molecular formula is C14H22O2. The fourth-order valence-corrected chi connectivity index (χ4v) is 3.77. The van der Waals surface area contributed by atoms with Crippen molar-refractivity contribution in [3.05, 3.63) is 11.6 Å². The smallest absolute Gasteiger partial charge is 0.152 e. The second-order valence-corrected chi connectivity index (χ2v) is 6.25. The maximum Gasteiger partial charge on any atom is 0.152 e. The second kappa shape index (κ2) is 3.43. The lowest BCUT2D eigenvalue weighted by Gasteiger charge is -2.41. The number of carbonyl (C=O) groups excluding carboxylic acids is 1. The van der Waals surface area contributed by atoms with Crippen LogP contribution in [0.25, 0.3) is 0 Å². The Hall–Kier alpha value is -0.630. The Bertz CT molecular complexity index is 349. The molecule has 2 nitrogen and oxygen atoms in total. The fourth-order valence-electron chi connectivity index (χ4n) is 3.77. The van der Waals surface area contributed by atoms with Crippen LogP contribution in [-0.4, -0.2) is 17.5 Å². The van der Waals surface area contributed by atoms with E-state index in [0.29, 0.717) is 12.0 Å². The minimum Gasteiger partial charge on any atom is -0.366 e. The molecule has 0 N–H and O–H groups in total. The predicted octanol–water partition coefficient (Wildman–Crippen LogP) is 3.12. The molecule has 2 aliphatic rings.